The first kappa shape index (κ1) is 14.8. The predicted octanol–water partition coefficient (Wildman–Crippen LogP) is 0.263. The highest BCUT2D eigenvalue weighted by molar-refractivity contribution is 5.79. The smallest absolute Gasteiger partial charge is 0.248 e. The van der Waals surface area contributed by atoms with Crippen LogP contribution in [0.25, 0.3) is 0 Å². The maximum atomic E-state index is 12.0. The first-order chi connectivity index (χ1) is 10.1. The second-order valence-electron chi connectivity index (χ2n) is 6.50. The fraction of sp³-hybridized carbons (Fsp3) is 0.867. The van der Waals surface area contributed by atoms with E-state index in [1.807, 2.05) is 9.80 Å². The van der Waals surface area contributed by atoms with Gasteiger partial charge < -0.3 is 19.3 Å². The summed E-state index contributed by atoms with van der Waals surface area (Å²) in [7, 11) is 1.54. The first-order valence-corrected chi connectivity index (χ1v) is 7.80. The van der Waals surface area contributed by atoms with E-state index < -0.39 is 0 Å². The van der Waals surface area contributed by atoms with Crippen LogP contribution in [-0.2, 0) is 19.1 Å². The van der Waals surface area contributed by atoms with Crippen molar-refractivity contribution in [2.75, 3.05) is 46.5 Å². The fourth-order valence-electron chi connectivity index (χ4n) is 3.25. The molecule has 0 radical (unpaired) electrons. The lowest BCUT2D eigenvalue weighted by Gasteiger charge is -2.47. The summed E-state index contributed by atoms with van der Waals surface area (Å²) < 4.78 is 10.8. The zero-order valence-electron chi connectivity index (χ0n) is 12.7. The van der Waals surface area contributed by atoms with Crippen molar-refractivity contribution >= 4 is 11.8 Å². The average molecular weight is 296 g/mol. The van der Waals surface area contributed by atoms with Crippen molar-refractivity contribution in [3.05, 3.63) is 0 Å². The maximum absolute atomic E-state index is 12.0. The van der Waals surface area contributed by atoms with Crippen LogP contribution in [0.4, 0.5) is 0 Å². The molecule has 2 amide bonds. The van der Waals surface area contributed by atoms with Crippen molar-refractivity contribution in [2.45, 2.75) is 31.3 Å². The van der Waals surface area contributed by atoms with Crippen molar-refractivity contribution in [3.8, 4) is 0 Å². The number of rotatable bonds is 4. The third-order valence-electron chi connectivity index (χ3n) is 4.80. The lowest BCUT2D eigenvalue weighted by Crippen LogP contribution is -2.59. The Morgan fingerprint density at radius 3 is 2.71 bits per heavy atom. The molecule has 1 spiro atoms. The lowest BCUT2D eigenvalue weighted by atomic mass is 9.89. The van der Waals surface area contributed by atoms with Crippen LogP contribution in [0.3, 0.4) is 0 Å². The average Bonchev–Trinajstić information content (AvgIpc) is 3.28. The monoisotopic (exact) mass is 296 g/mol. The molecule has 1 saturated carbocycles. The van der Waals surface area contributed by atoms with Crippen LogP contribution in [0.5, 0.6) is 0 Å². The number of ether oxygens (including phenoxy) is 2. The van der Waals surface area contributed by atoms with E-state index in [0.717, 1.165) is 19.4 Å². The van der Waals surface area contributed by atoms with E-state index in [0.29, 0.717) is 25.6 Å². The molecule has 2 saturated heterocycles. The van der Waals surface area contributed by atoms with Crippen molar-refractivity contribution in [2.24, 2.45) is 5.92 Å². The van der Waals surface area contributed by atoms with E-state index >= 15 is 0 Å². The molecule has 2 heterocycles. The number of piperidine rings is 1. The maximum Gasteiger partial charge on any atom is 0.248 e. The van der Waals surface area contributed by atoms with E-state index in [1.54, 1.807) is 0 Å². The Hall–Kier alpha value is -1.14. The van der Waals surface area contributed by atoms with Gasteiger partial charge >= 0.3 is 0 Å². The standard InChI is InChI=1S/C15H24N2O4/c1-20-9-13(18)16-6-4-15(5-7-16)11-17(8-12-2-3-12)14(19)10-21-15/h12H,2-11H2,1H3. The fourth-order valence-corrected chi connectivity index (χ4v) is 3.25. The van der Waals surface area contributed by atoms with Crippen LogP contribution in [0.15, 0.2) is 0 Å². The molecule has 21 heavy (non-hydrogen) atoms. The number of carbonyl (C=O) groups excluding carboxylic acids is 2. The summed E-state index contributed by atoms with van der Waals surface area (Å²) in [6, 6.07) is 0. The minimum absolute atomic E-state index is 0.0362. The highest BCUT2D eigenvalue weighted by Gasteiger charge is 2.43. The molecule has 0 atom stereocenters. The van der Waals surface area contributed by atoms with E-state index in [1.165, 1.54) is 20.0 Å². The van der Waals surface area contributed by atoms with Crippen LogP contribution in [0.2, 0.25) is 0 Å². The number of methoxy groups -OCH3 is 1. The molecule has 2 aliphatic heterocycles. The minimum Gasteiger partial charge on any atom is -0.375 e. The highest BCUT2D eigenvalue weighted by atomic mass is 16.5. The molecule has 0 N–H and O–H groups in total. The number of hydrogen-bond acceptors (Lipinski definition) is 4. The van der Waals surface area contributed by atoms with E-state index in [9.17, 15) is 9.59 Å². The minimum atomic E-state index is -0.243. The van der Waals surface area contributed by atoms with Gasteiger partial charge in [-0.3, -0.25) is 9.59 Å². The second kappa shape index (κ2) is 5.93. The van der Waals surface area contributed by atoms with E-state index in [4.69, 9.17) is 9.47 Å². The van der Waals surface area contributed by atoms with Gasteiger partial charge in [0.05, 0.1) is 5.60 Å². The van der Waals surface area contributed by atoms with Gasteiger partial charge in [0.25, 0.3) is 0 Å². The van der Waals surface area contributed by atoms with E-state index in [2.05, 4.69) is 0 Å². The third-order valence-corrected chi connectivity index (χ3v) is 4.80. The van der Waals surface area contributed by atoms with Crippen LogP contribution in [0, 0.1) is 5.92 Å². The van der Waals surface area contributed by atoms with Gasteiger partial charge in [-0.25, -0.2) is 0 Å². The lowest BCUT2D eigenvalue weighted by molar-refractivity contribution is -0.174. The molecule has 0 unspecified atom stereocenters. The van der Waals surface area contributed by atoms with Crippen molar-refractivity contribution in [1.82, 2.24) is 9.80 Å². The molecule has 3 aliphatic rings. The highest BCUT2D eigenvalue weighted by Crippen LogP contribution is 2.34. The molecule has 0 aromatic carbocycles. The molecule has 3 rings (SSSR count). The normalized spacial score (nSPS) is 25.5. The molecular formula is C15H24N2O4. The molecule has 0 bridgehead atoms. The number of carbonyl (C=O) groups is 2. The van der Waals surface area contributed by atoms with Gasteiger partial charge in [0.2, 0.25) is 11.8 Å². The quantitative estimate of drug-likeness (QED) is 0.747. The van der Waals surface area contributed by atoms with Crippen molar-refractivity contribution < 1.29 is 19.1 Å². The number of amides is 2. The Kier molecular flexibility index (Phi) is 4.17. The largest absolute Gasteiger partial charge is 0.375 e. The molecule has 118 valence electrons. The molecule has 0 aromatic rings. The zero-order valence-corrected chi connectivity index (χ0v) is 12.7. The van der Waals surface area contributed by atoms with Gasteiger partial charge in [-0.05, 0) is 31.6 Å². The first-order valence-electron chi connectivity index (χ1n) is 7.80. The molecule has 1 aliphatic carbocycles. The van der Waals surface area contributed by atoms with Gasteiger partial charge in [0.1, 0.15) is 13.2 Å². The van der Waals surface area contributed by atoms with Gasteiger partial charge in [-0.2, -0.15) is 0 Å². The van der Waals surface area contributed by atoms with Gasteiger partial charge in [-0.15, -0.1) is 0 Å². The van der Waals surface area contributed by atoms with Gasteiger partial charge in [0.15, 0.2) is 0 Å². The molecule has 3 fully saturated rings. The Morgan fingerprint density at radius 2 is 2.10 bits per heavy atom. The summed E-state index contributed by atoms with van der Waals surface area (Å²) >= 11 is 0. The Bertz CT molecular complexity index is 414. The molecular weight excluding hydrogens is 272 g/mol. The van der Waals surface area contributed by atoms with Crippen molar-refractivity contribution in [1.29, 1.82) is 0 Å². The van der Waals surface area contributed by atoms with E-state index in [-0.39, 0.29) is 30.6 Å². The number of nitrogens with zero attached hydrogens (tertiary/aromatic N) is 2. The van der Waals surface area contributed by atoms with Crippen LogP contribution in [0.1, 0.15) is 25.7 Å². The Labute approximate surface area is 125 Å². The molecule has 6 nitrogen and oxygen atoms in total. The Morgan fingerprint density at radius 1 is 1.38 bits per heavy atom. The summed E-state index contributed by atoms with van der Waals surface area (Å²) in [5.74, 6) is 0.854. The van der Waals surface area contributed by atoms with Gasteiger partial charge in [-0.1, -0.05) is 0 Å². The topological polar surface area (TPSA) is 59.1 Å². The van der Waals surface area contributed by atoms with Gasteiger partial charge in [0, 0.05) is 33.3 Å². The number of likely N-dealkylation sites (tertiary alicyclic amines) is 1. The summed E-state index contributed by atoms with van der Waals surface area (Å²) in [4.78, 5) is 27.6. The van der Waals surface area contributed by atoms with Crippen LogP contribution < -0.4 is 0 Å². The molecule has 0 aromatic heterocycles. The molecule has 6 heteroatoms. The van der Waals surface area contributed by atoms with Crippen molar-refractivity contribution in [3.63, 3.8) is 0 Å². The third kappa shape index (κ3) is 3.37. The number of hydrogen-bond donors (Lipinski definition) is 0. The van der Waals surface area contributed by atoms with Crippen LogP contribution >= 0.6 is 0 Å². The summed E-state index contributed by atoms with van der Waals surface area (Å²) in [5.41, 5.74) is -0.243. The predicted molar refractivity (Wildman–Crippen MR) is 75.7 cm³/mol. The summed E-state index contributed by atoms with van der Waals surface area (Å²) in [6.45, 7) is 3.28. The second-order valence-corrected chi connectivity index (χ2v) is 6.50. The van der Waals surface area contributed by atoms with Crippen LogP contribution in [-0.4, -0.2) is 73.7 Å². The Balaban J connectivity index is 1.56. The SMILES string of the molecule is COCC(=O)N1CCC2(CC1)CN(CC1CC1)C(=O)CO2. The zero-order chi connectivity index (χ0) is 14.9. The summed E-state index contributed by atoms with van der Waals surface area (Å²) in [6.07, 6.45) is 4.10. The number of morpholine rings is 1. The summed E-state index contributed by atoms with van der Waals surface area (Å²) in [5, 5.41) is 0.